The molecular weight excluding hydrogens is 532 g/mol. The van der Waals surface area contributed by atoms with Gasteiger partial charge in [0.1, 0.15) is 30.0 Å². The molecule has 41 heavy (non-hydrogen) atoms. The van der Waals surface area contributed by atoms with Gasteiger partial charge in [-0.15, -0.1) is 0 Å². The van der Waals surface area contributed by atoms with E-state index in [1.165, 1.54) is 13.8 Å². The number of fused-ring (bicyclic) bond motifs is 1. The monoisotopic (exact) mass is 574 g/mol. The number of hydrogen-bond donors (Lipinski definition) is 5. The van der Waals surface area contributed by atoms with E-state index in [2.05, 4.69) is 31.5 Å². The second kappa shape index (κ2) is 14.8. The molecule has 2 aliphatic rings. The number of ether oxygens (including phenoxy) is 2. The van der Waals surface area contributed by atoms with Crippen molar-refractivity contribution < 1.29 is 33.4 Å². The average Bonchev–Trinajstić information content (AvgIpc) is 2.93. The minimum absolute atomic E-state index is 0.0613. The van der Waals surface area contributed by atoms with E-state index in [1.54, 1.807) is 38.1 Å². The molecule has 0 unspecified atom stereocenters. The highest BCUT2D eigenvalue weighted by Gasteiger charge is 2.35. The van der Waals surface area contributed by atoms with Gasteiger partial charge >= 0.3 is 0 Å². The molecule has 1 fully saturated rings. The van der Waals surface area contributed by atoms with Gasteiger partial charge in [0.05, 0.1) is 31.7 Å². The minimum Gasteiger partial charge on any atom is -0.491 e. The van der Waals surface area contributed by atoms with Crippen LogP contribution < -0.4 is 31.3 Å². The van der Waals surface area contributed by atoms with Gasteiger partial charge in [0.2, 0.25) is 23.6 Å². The van der Waals surface area contributed by atoms with Crippen molar-refractivity contribution in [1.82, 2.24) is 31.5 Å². The summed E-state index contributed by atoms with van der Waals surface area (Å²) in [7, 11) is 0. The van der Waals surface area contributed by atoms with Crippen LogP contribution in [0.1, 0.15) is 44.5 Å². The second-order valence-electron chi connectivity index (χ2n) is 11.0. The lowest BCUT2D eigenvalue weighted by Crippen LogP contribution is -2.61. The van der Waals surface area contributed by atoms with Crippen LogP contribution in [0.25, 0.3) is 0 Å². The van der Waals surface area contributed by atoms with Crippen molar-refractivity contribution in [2.45, 2.75) is 51.7 Å². The molecule has 2 heterocycles. The zero-order valence-electron chi connectivity index (χ0n) is 24.2. The van der Waals surface area contributed by atoms with Gasteiger partial charge in [-0.2, -0.15) is 0 Å². The van der Waals surface area contributed by atoms with E-state index in [-0.39, 0.29) is 30.4 Å². The van der Waals surface area contributed by atoms with Gasteiger partial charge in [-0.3, -0.25) is 28.9 Å². The highest BCUT2D eigenvalue weighted by molar-refractivity contribution is 6.01. The normalized spacial score (nSPS) is 23.1. The molecule has 0 aromatic heterocycles. The Kier molecular flexibility index (Phi) is 11.5. The smallest absolute Gasteiger partial charge is 0.255 e. The highest BCUT2D eigenvalue weighted by Crippen LogP contribution is 2.18. The van der Waals surface area contributed by atoms with E-state index < -0.39 is 53.6 Å². The Morgan fingerprint density at radius 1 is 1.07 bits per heavy atom. The molecule has 0 radical (unpaired) electrons. The molecule has 226 valence electrons. The summed E-state index contributed by atoms with van der Waals surface area (Å²) in [4.78, 5) is 67.7. The van der Waals surface area contributed by atoms with Crippen LogP contribution >= 0.6 is 0 Å². The largest absolute Gasteiger partial charge is 0.491 e. The van der Waals surface area contributed by atoms with Crippen LogP contribution in [0.5, 0.6) is 5.75 Å². The Morgan fingerprint density at radius 2 is 1.78 bits per heavy atom. The van der Waals surface area contributed by atoms with E-state index in [4.69, 9.17) is 9.47 Å². The van der Waals surface area contributed by atoms with Crippen LogP contribution in [0.3, 0.4) is 0 Å². The fourth-order valence-corrected chi connectivity index (χ4v) is 4.45. The topological polar surface area (TPSA) is 167 Å². The Morgan fingerprint density at radius 3 is 2.49 bits per heavy atom. The van der Waals surface area contributed by atoms with Crippen LogP contribution in [-0.4, -0.2) is 105 Å². The number of carbonyl (C=O) groups is 5. The first-order valence-electron chi connectivity index (χ1n) is 14.0. The number of morpholine rings is 1. The van der Waals surface area contributed by atoms with Gasteiger partial charge in [0, 0.05) is 26.2 Å². The summed E-state index contributed by atoms with van der Waals surface area (Å²) in [6.45, 7) is 10.5. The zero-order valence-corrected chi connectivity index (χ0v) is 24.2. The zero-order chi connectivity index (χ0) is 30.0. The first kappa shape index (κ1) is 31.8. The maximum absolute atomic E-state index is 13.3. The van der Waals surface area contributed by atoms with Gasteiger partial charge in [0.25, 0.3) is 5.91 Å². The van der Waals surface area contributed by atoms with Crippen molar-refractivity contribution in [2.24, 2.45) is 5.92 Å². The number of para-hydroxylation sites is 1. The van der Waals surface area contributed by atoms with Crippen molar-refractivity contribution in [3.8, 4) is 5.75 Å². The number of rotatable bonds is 5. The number of nitrogens with one attached hydrogen (secondary N) is 5. The predicted octanol–water partition coefficient (Wildman–Crippen LogP) is -0.832. The maximum Gasteiger partial charge on any atom is 0.255 e. The number of amides is 5. The molecule has 1 saturated heterocycles. The van der Waals surface area contributed by atoms with Crippen LogP contribution in [-0.2, 0) is 23.9 Å². The molecule has 5 N–H and O–H groups in total. The van der Waals surface area contributed by atoms with Crippen LogP contribution in [0.2, 0.25) is 0 Å². The van der Waals surface area contributed by atoms with Gasteiger partial charge in [-0.25, -0.2) is 0 Å². The van der Waals surface area contributed by atoms with Crippen molar-refractivity contribution in [1.29, 1.82) is 0 Å². The minimum atomic E-state index is -1.41. The summed E-state index contributed by atoms with van der Waals surface area (Å²) in [5.41, 5.74) is -1.23. The number of hydrogen-bond acceptors (Lipinski definition) is 8. The van der Waals surface area contributed by atoms with Crippen LogP contribution in [0.15, 0.2) is 24.3 Å². The van der Waals surface area contributed by atoms with Gasteiger partial charge in [-0.1, -0.05) is 26.0 Å². The summed E-state index contributed by atoms with van der Waals surface area (Å²) in [5, 5.41) is 13.6. The molecule has 2 atom stereocenters. The van der Waals surface area contributed by atoms with Gasteiger partial charge < -0.3 is 36.1 Å². The quantitative estimate of drug-likeness (QED) is 0.304. The highest BCUT2D eigenvalue weighted by atomic mass is 16.5. The van der Waals surface area contributed by atoms with Crippen molar-refractivity contribution in [3.63, 3.8) is 0 Å². The lowest BCUT2D eigenvalue weighted by molar-refractivity contribution is -0.136. The molecule has 1 aromatic carbocycles. The maximum atomic E-state index is 13.3. The van der Waals surface area contributed by atoms with Gasteiger partial charge in [-0.05, 0) is 31.9 Å². The summed E-state index contributed by atoms with van der Waals surface area (Å²) in [5.74, 6) is -2.71. The third kappa shape index (κ3) is 9.42. The third-order valence-corrected chi connectivity index (χ3v) is 6.89. The molecular formula is C28H42N6O7. The van der Waals surface area contributed by atoms with Crippen LogP contribution in [0, 0.1) is 5.92 Å². The van der Waals surface area contributed by atoms with Crippen molar-refractivity contribution in [3.05, 3.63) is 29.8 Å². The molecule has 13 nitrogen and oxygen atoms in total. The lowest BCUT2D eigenvalue weighted by Gasteiger charge is -2.30. The molecule has 0 aliphatic carbocycles. The second-order valence-corrected chi connectivity index (χ2v) is 11.0. The molecule has 0 spiro atoms. The summed E-state index contributed by atoms with van der Waals surface area (Å²) >= 11 is 0. The molecule has 13 heteroatoms. The number of nitrogens with zero attached hydrogens (tertiary/aromatic N) is 1. The molecule has 5 amide bonds. The van der Waals surface area contributed by atoms with Crippen LogP contribution in [0.4, 0.5) is 0 Å². The Bertz CT molecular complexity index is 1100. The van der Waals surface area contributed by atoms with Gasteiger partial charge in [0.15, 0.2) is 0 Å². The standard InChI is InChI=1S/C28H42N6O7/c1-18(2)23-26(38)30-10-14-41-21-8-6-5-7-19(21)24(36)31-20(17-22(35)33-28(3,4)27(39)32-23)25(37)29-9-11-34-12-15-40-16-13-34/h5-8,18,20,23H,9-17H2,1-4H3,(H,29,37)(H,30,38)(H,31,36)(H,32,39)(H,33,35)/t20-,23+/m0/s1. The number of benzene rings is 1. The van der Waals surface area contributed by atoms with Crippen molar-refractivity contribution >= 4 is 29.5 Å². The molecule has 1 aromatic rings. The molecule has 2 aliphatic heterocycles. The Balaban J connectivity index is 1.82. The SMILES string of the molecule is CC(C)[C@H]1NC(=O)C(C)(C)NC(=O)C[C@@H](C(=O)NCCN2CCOCC2)NC(=O)c2ccccc2OCCNC1=O. The predicted molar refractivity (Wildman–Crippen MR) is 150 cm³/mol. The molecule has 3 rings (SSSR count). The fraction of sp³-hybridized carbons (Fsp3) is 0.607. The molecule has 0 bridgehead atoms. The number of carbonyl (C=O) groups excluding carboxylic acids is 5. The lowest BCUT2D eigenvalue weighted by atomic mass is 9.99. The summed E-state index contributed by atoms with van der Waals surface area (Å²) in [6.07, 6.45) is -0.414. The fourth-order valence-electron chi connectivity index (χ4n) is 4.45. The molecule has 0 saturated carbocycles. The van der Waals surface area contributed by atoms with E-state index in [0.717, 1.165) is 13.1 Å². The Labute approximate surface area is 240 Å². The third-order valence-electron chi connectivity index (χ3n) is 6.89. The van der Waals surface area contributed by atoms with E-state index in [1.807, 2.05) is 0 Å². The first-order valence-corrected chi connectivity index (χ1v) is 14.0. The van der Waals surface area contributed by atoms with Crippen molar-refractivity contribution in [2.75, 3.05) is 52.5 Å². The van der Waals surface area contributed by atoms with E-state index in [9.17, 15) is 24.0 Å². The summed E-state index contributed by atoms with van der Waals surface area (Å²) < 4.78 is 11.1. The first-order chi connectivity index (χ1) is 19.5. The Hall–Kier alpha value is -3.71. The summed E-state index contributed by atoms with van der Waals surface area (Å²) in [6, 6.07) is 4.43. The average molecular weight is 575 g/mol. The van der Waals surface area contributed by atoms with E-state index in [0.29, 0.717) is 26.3 Å². The van der Waals surface area contributed by atoms with E-state index >= 15 is 0 Å².